The largest absolute Gasteiger partial charge is 0.451 e. The van der Waals surface area contributed by atoms with Gasteiger partial charge in [-0.25, -0.2) is 0 Å². The highest BCUT2D eigenvalue weighted by Crippen LogP contribution is 2.55. The molecule has 0 radical (unpaired) electrons. The molecule has 37 heavy (non-hydrogen) atoms. The number of benzene rings is 4. The number of hydrogen-bond acceptors (Lipinski definition) is 2. The molecule has 1 fully saturated rings. The van der Waals surface area contributed by atoms with Gasteiger partial charge in [-0.2, -0.15) is 0 Å². The standard InChI is InChI=1S/C32H29O2P.2CH4/c1-22-10-8-11-23-20-25-18-19-26-21-24-12-9-17-29(31(24)34-32(25,26)33-30(22)23)35(27-13-4-2-5-14-27)28-15-6-3-7-16-28;;/h2-17,25-26H,18-21H2,1H3;2*1H4/t25-,26-,32-;;/m1../s1. The Morgan fingerprint density at radius 1 is 0.622 bits per heavy atom. The average molecular weight is 509 g/mol. The van der Waals surface area contributed by atoms with Crippen LogP contribution >= 0.6 is 7.92 Å². The molecule has 190 valence electrons. The topological polar surface area (TPSA) is 18.5 Å². The minimum absolute atomic E-state index is 0. The summed E-state index contributed by atoms with van der Waals surface area (Å²) < 4.78 is 14.2. The van der Waals surface area contributed by atoms with Crippen molar-refractivity contribution in [3.8, 4) is 11.5 Å². The Morgan fingerprint density at radius 3 is 1.73 bits per heavy atom. The van der Waals surface area contributed by atoms with Gasteiger partial charge < -0.3 is 9.47 Å². The molecule has 0 bridgehead atoms. The number of fused-ring (bicyclic) bond motifs is 2. The molecule has 3 heteroatoms. The number of rotatable bonds is 3. The van der Waals surface area contributed by atoms with Crippen LogP contribution in [-0.2, 0) is 12.8 Å². The maximum absolute atomic E-state index is 7.21. The second-order valence-electron chi connectivity index (χ2n) is 10.1. The van der Waals surface area contributed by atoms with E-state index in [-0.39, 0.29) is 14.9 Å². The van der Waals surface area contributed by atoms with Gasteiger partial charge in [-0.1, -0.05) is 112 Å². The van der Waals surface area contributed by atoms with E-state index < -0.39 is 13.7 Å². The lowest BCUT2D eigenvalue weighted by molar-refractivity contribution is -0.186. The van der Waals surface area contributed by atoms with Crippen molar-refractivity contribution in [2.45, 2.75) is 53.2 Å². The first kappa shape index (κ1) is 25.6. The highest BCUT2D eigenvalue weighted by atomic mass is 31.1. The Labute approximate surface area is 223 Å². The van der Waals surface area contributed by atoms with Crippen LogP contribution in [0.5, 0.6) is 11.5 Å². The van der Waals surface area contributed by atoms with Gasteiger partial charge in [-0.15, -0.1) is 0 Å². The minimum Gasteiger partial charge on any atom is -0.451 e. The summed E-state index contributed by atoms with van der Waals surface area (Å²) in [4.78, 5) is 0. The van der Waals surface area contributed by atoms with E-state index in [0.717, 1.165) is 37.2 Å². The molecule has 2 heterocycles. The molecule has 4 aromatic rings. The Morgan fingerprint density at radius 2 is 1.14 bits per heavy atom. The summed E-state index contributed by atoms with van der Waals surface area (Å²) in [5.74, 6) is 2.33. The lowest BCUT2D eigenvalue weighted by Crippen LogP contribution is -2.56. The zero-order valence-electron chi connectivity index (χ0n) is 20.0. The Bertz CT molecular complexity index is 1340. The molecule has 4 aromatic carbocycles. The lowest BCUT2D eigenvalue weighted by Gasteiger charge is -2.47. The van der Waals surface area contributed by atoms with Crippen molar-refractivity contribution in [2.24, 2.45) is 11.8 Å². The molecule has 1 aliphatic carbocycles. The van der Waals surface area contributed by atoms with Crippen molar-refractivity contribution >= 4 is 23.8 Å². The summed E-state index contributed by atoms with van der Waals surface area (Å²) in [7, 11) is -0.746. The summed E-state index contributed by atoms with van der Waals surface area (Å²) >= 11 is 0. The fourth-order valence-corrected chi connectivity index (χ4v) is 8.88. The van der Waals surface area contributed by atoms with E-state index in [4.69, 9.17) is 9.47 Å². The SMILES string of the molecule is C.C.Cc1cccc2c1O[C@]13Oc4c(cccc4P(c4ccccc4)c4ccccc4)C[C@H]1CC[C@@H]3C2. The van der Waals surface area contributed by atoms with Gasteiger partial charge in [0.05, 0.1) is 0 Å². The van der Waals surface area contributed by atoms with E-state index in [1.165, 1.54) is 32.6 Å². The van der Waals surface area contributed by atoms with Crippen molar-refractivity contribution in [1.82, 2.24) is 0 Å². The normalized spacial score (nSPS) is 22.6. The quantitative estimate of drug-likeness (QED) is 0.270. The summed E-state index contributed by atoms with van der Waals surface area (Å²) in [6.45, 7) is 2.16. The molecular formula is C34H37O2P. The number of para-hydroxylation sites is 2. The molecule has 0 unspecified atom stereocenters. The zero-order chi connectivity index (χ0) is 23.4. The van der Waals surface area contributed by atoms with Gasteiger partial charge in [0.1, 0.15) is 11.5 Å². The van der Waals surface area contributed by atoms with Crippen LogP contribution in [0.4, 0.5) is 0 Å². The van der Waals surface area contributed by atoms with Crippen LogP contribution in [0.1, 0.15) is 44.4 Å². The van der Waals surface area contributed by atoms with E-state index in [2.05, 4.69) is 104 Å². The molecule has 1 spiro atoms. The highest BCUT2D eigenvalue weighted by Gasteiger charge is 2.59. The Hall–Kier alpha value is -3.09. The molecule has 3 aliphatic rings. The van der Waals surface area contributed by atoms with Crippen LogP contribution in [0.25, 0.3) is 0 Å². The summed E-state index contributed by atoms with van der Waals surface area (Å²) in [5.41, 5.74) is 3.87. The number of hydrogen-bond donors (Lipinski definition) is 0. The predicted molar refractivity (Wildman–Crippen MR) is 157 cm³/mol. The monoisotopic (exact) mass is 508 g/mol. The van der Waals surface area contributed by atoms with Gasteiger partial charge in [0, 0.05) is 17.1 Å². The van der Waals surface area contributed by atoms with E-state index in [1.54, 1.807) is 0 Å². The maximum Gasteiger partial charge on any atom is 0.257 e. The molecule has 0 aromatic heterocycles. The molecule has 0 N–H and O–H groups in total. The maximum atomic E-state index is 7.21. The smallest absolute Gasteiger partial charge is 0.257 e. The van der Waals surface area contributed by atoms with Crippen molar-refractivity contribution in [2.75, 3.05) is 0 Å². The number of aryl methyl sites for hydroxylation is 1. The second-order valence-corrected chi connectivity index (χ2v) is 12.3. The Balaban J connectivity index is 0.00000140. The van der Waals surface area contributed by atoms with Crippen LogP contribution in [0, 0.1) is 18.8 Å². The van der Waals surface area contributed by atoms with Crippen molar-refractivity contribution in [1.29, 1.82) is 0 Å². The molecular weight excluding hydrogens is 471 g/mol. The molecule has 2 nitrogen and oxygen atoms in total. The van der Waals surface area contributed by atoms with Gasteiger partial charge in [0.25, 0.3) is 5.79 Å². The lowest BCUT2D eigenvalue weighted by atomic mass is 9.82. The first-order chi connectivity index (χ1) is 17.2. The van der Waals surface area contributed by atoms with Gasteiger partial charge in [0.15, 0.2) is 0 Å². The number of ether oxygens (including phenoxy) is 2. The van der Waals surface area contributed by atoms with Crippen molar-refractivity contribution < 1.29 is 9.47 Å². The molecule has 0 saturated heterocycles. The van der Waals surface area contributed by atoms with Crippen LogP contribution in [0.2, 0.25) is 0 Å². The summed E-state index contributed by atoms with van der Waals surface area (Å²) in [6, 6.07) is 35.2. The molecule has 7 rings (SSSR count). The fourth-order valence-electron chi connectivity index (χ4n) is 6.46. The average Bonchev–Trinajstić information content (AvgIpc) is 3.26. The summed E-state index contributed by atoms with van der Waals surface area (Å²) in [6.07, 6.45) is 4.38. The first-order valence-corrected chi connectivity index (χ1v) is 14.1. The molecule has 2 aliphatic heterocycles. The van der Waals surface area contributed by atoms with Crippen LogP contribution < -0.4 is 25.4 Å². The van der Waals surface area contributed by atoms with E-state index in [1.807, 2.05) is 0 Å². The third-order valence-electron chi connectivity index (χ3n) is 8.10. The van der Waals surface area contributed by atoms with E-state index in [0.29, 0.717) is 11.8 Å². The van der Waals surface area contributed by atoms with Gasteiger partial charge in [0.2, 0.25) is 0 Å². The summed E-state index contributed by atoms with van der Waals surface area (Å²) in [5, 5.41) is 3.99. The zero-order valence-corrected chi connectivity index (χ0v) is 20.9. The van der Waals surface area contributed by atoms with E-state index in [9.17, 15) is 0 Å². The third kappa shape index (κ3) is 4.07. The van der Waals surface area contributed by atoms with Gasteiger partial charge >= 0.3 is 0 Å². The first-order valence-electron chi connectivity index (χ1n) is 12.7. The van der Waals surface area contributed by atoms with Crippen molar-refractivity contribution in [3.63, 3.8) is 0 Å². The molecule has 0 amide bonds. The van der Waals surface area contributed by atoms with Crippen LogP contribution in [-0.4, -0.2) is 5.79 Å². The highest BCUT2D eigenvalue weighted by molar-refractivity contribution is 7.80. The molecule has 3 atom stereocenters. The van der Waals surface area contributed by atoms with Crippen LogP contribution in [0.15, 0.2) is 97.1 Å². The predicted octanol–water partition coefficient (Wildman–Crippen LogP) is 7.32. The fraction of sp³-hybridized carbons (Fsp3) is 0.294. The second kappa shape index (κ2) is 9.99. The van der Waals surface area contributed by atoms with Gasteiger partial charge in [-0.05, 0) is 67.8 Å². The van der Waals surface area contributed by atoms with Crippen molar-refractivity contribution in [3.05, 3.63) is 114 Å². The minimum atomic E-state index is -0.746. The third-order valence-corrected chi connectivity index (χ3v) is 10.6. The van der Waals surface area contributed by atoms with Gasteiger partial charge in [-0.3, -0.25) is 0 Å². The Kier molecular flexibility index (Phi) is 6.90. The van der Waals surface area contributed by atoms with E-state index >= 15 is 0 Å². The molecule has 1 saturated carbocycles. The van der Waals surface area contributed by atoms with Crippen LogP contribution in [0.3, 0.4) is 0 Å².